The summed E-state index contributed by atoms with van der Waals surface area (Å²) >= 11 is 0. The van der Waals surface area contributed by atoms with Crippen molar-refractivity contribution in [3.05, 3.63) is 0 Å². The lowest BCUT2D eigenvalue weighted by molar-refractivity contribution is 0.0409. The van der Waals surface area contributed by atoms with Crippen LogP contribution in [0.15, 0.2) is 0 Å². The molecule has 0 aliphatic heterocycles. The number of aliphatic hydroxyl groups excluding tert-OH is 1. The Balaban J connectivity index is 3.12. The van der Waals surface area contributed by atoms with Gasteiger partial charge in [0.2, 0.25) is 6.43 Å². The van der Waals surface area contributed by atoms with Crippen LogP contribution in [0.5, 0.6) is 0 Å². The van der Waals surface area contributed by atoms with Gasteiger partial charge < -0.3 is 9.84 Å². The first-order chi connectivity index (χ1) is 4.66. The van der Waals surface area contributed by atoms with Crippen molar-refractivity contribution >= 4 is 0 Å². The van der Waals surface area contributed by atoms with Gasteiger partial charge in [-0.3, -0.25) is 0 Å². The molecule has 10 heavy (non-hydrogen) atoms. The van der Waals surface area contributed by atoms with E-state index in [2.05, 4.69) is 4.74 Å². The van der Waals surface area contributed by atoms with Gasteiger partial charge in [0.05, 0.1) is 12.7 Å². The number of aliphatic hydroxyl groups is 1. The van der Waals surface area contributed by atoms with Gasteiger partial charge in [-0.2, -0.15) is 0 Å². The van der Waals surface area contributed by atoms with E-state index in [-0.39, 0.29) is 19.4 Å². The zero-order valence-corrected chi connectivity index (χ0v) is 5.89. The fourth-order valence-electron chi connectivity index (χ4n) is 0.594. The van der Waals surface area contributed by atoms with E-state index >= 15 is 0 Å². The van der Waals surface area contributed by atoms with Gasteiger partial charge in [0.25, 0.3) is 0 Å². The molecule has 2 nitrogen and oxygen atoms in total. The summed E-state index contributed by atoms with van der Waals surface area (Å²) in [6.45, 7) is 0.132. The first kappa shape index (κ1) is 9.78. The highest BCUT2D eigenvalue weighted by Gasteiger charge is 2.07. The molecule has 4 heteroatoms. The topological polar surface area (TPSA) is 29.5 Å². The molecule has 1 unspecified atom stereocenters. The molecule has 0 amide bonds. The van der Waals surface area contributed by atoms with Crippen molar-refractivity contribution in [3.8, 4) is 0 Å². The first-order valence-corrected chi connectivity index (χ1v) is 3.12. The average molecular weight is 154 g/mol. The minimum atomic E-state index is -2.33. The predicted octanol–water partition coefficient (Wildman–Crippen LogP) is 1.04. The second-order valence-corrected chi connectivity index (χ2v) is 2.08. The highest BCUT2D eigenvalue weighted by atomic mass is 19.3. The van der Waals surface area contributed by atoms with E-state index in [1.54, 1.807) is 0 Å². The molecular formula is C6H12F2O2. The molecule has 0 saturated carbocycles. The molecule has 0 radical (unpaired) electrons. The van der Waals surface area contributed by atoms with Gasteiger partial charge in [-0.05, 0) is 6.42 Å². The lowest BCUT2D eigenvalue weighted by Gasteiger charge is -2.07. The quantitative estimate of drug-likeness (QED) is 0.641. The highest BCUT2D eigenvalue weighted by Crippen LogP contribution is 2.05. The van der Waals surface area contributed by atoms with E-state index in [0.29, 0.717) is 0 Å². The van der Waals surface area contributed by atoms with Crippen LogP contribution in [-0.4, -0.2) is 31.4 Å². The van der Waals surface area contributed by atoms with Crippen LogP contribution in [0, 0.1) is 0 Å². The number of ether oxygens (including phenoxy) is 1. The molecule has 1 N–H and O–H groups in total. The molecule has 0 aromatic rings. The molecule has 0 heterocycles. The SMILES string of the molecule is COCC(O)CCC(F)F. The van der Waals surface area contributed by atoms with Crippen LogP contribution in [0.3, 0.4) is 0 Å². The van der Waals surface area contributed by atoms with Crippen LogP contribution in [0.2, 0.25) is 0 Å². The second kappa shape index (κ2) is 5.56. The van der Waals surface area contributed by atoms with E-state index < -0.39 is 12.5 Å². The summed E-state index contributed by atoms with van der Waals surface area (Å²) in [5, 5.41) is 8.84. The molecule has 1 atom stereocenters. The molecule has 0 aromatic carbocycles. The fourth-order valence-corrected chi connectivity index (χ4v) is 0.594. The van der Waals surface area contributed by atoms with Crippen molar-refractivity contribution in [1.29, 1.82) is 0 Å². The molecule has 0 spiro atoms. The molecule has 62 valence electrons. The van der Waals surface area contributed by atoms with E-state index in [1.165, 1.54) is 7.11 Å². The zero-order chi connectivity index (χ0) is 7.98. The summed E-state index contributed by atoms with van der Waals surface area (Å²) in [6.07, 6.45) is -3.23. The Labute approximate surface area is 58.8 Å². The molecule has 0 saturated heterocycles. The summed E-state index contributed by atoms with van der Waals surface area (Å²) in [5.41, 5.74) is 0. The molecule has 0 fully saturated rings. The van der Waals surface area contributed by atoms with Gasteiger partial charge >= 0.3 is 0 Å². The number of methoxy groups -OCH3 is 1. The monoisotopic (exact) mass is 154 g/mol. The van der Waals surface area contributed by atoms with Crippen molar-refractivity contribution in [3.63, 3.8) is 0 Å². The summed E-state index contributed by atoms with van der Waals surface area (Å²) in [4.78, 5) is 0. The summed E-state index contributed by atoms with van der Waals surface area (Å²) < 4.78 is 27.5. The molecule has 0 rings (SSSR count). The van der Waals surface area contributed by atoms with Crippen molar-refractivity contribution in [1.82, 2.24) is 0 Å². The van der Waals surface area contributed by atoms with Crippen molar-refractivity contribution in [2.75, 3.05) is 13.7 Å². The minimum Gasteiger partial charge on any atom is -0.391 e. The van der Waals surface area contributed by atoms with Crippen LogP contribution in [-0.2, 0) is 4.74 Å². The first-order valence-electron chi connectivity index (χ1n) is 3.12. The number of halogens is 2. The third kappa shape index (κ3) is 5.91. The molecular weight excluding hydrogens is 142 g/mol. The minimum absolute atomic E-state index is 0.103. The Morgan fingerprint density at radius 1 is 1.40 bits per heavy atom. The largest absolute Gasteiger partial charge is 0.391 e. The Morgan fingerprint density at radius 3 is 2.40 bits per heavy atom. The lowest BCUT2D eigenvalue weighted by atomic mass is 10.2. The van der Waals surface area contributed by atoms with E-state index in [9.17, 15) is 8.78 Å². The van der Waals surface area contributed by atoms with E-state index in [1.807, 2.05) is 0 Å². The third-order valence-corrected chi connectivity index (χ3v) is 1.08. The van der Waals surface area contributed by atoms with Crippen molar-refractivity contribution in [2.45, 2.75) is 25.4 Å². The van der Waals surface area contributed by atoms with E-state index in [4.69, 9.17) is 5.11 Å². The van der Waals surface area contributed by atoms with Gasteiger partial charge in [-0.1, -0.05) is 0 Å². The summed E-state index contributed by atoms with van der Waals surface area (Å²) in [7, 11) is 1.42. The number of rotatable bonds is 5. The van der Waals surface area contributed by atoms with Gasteiger partial charge in [-0.15, -0.1) is 0 Å². The fraction of sp³-hybridized carbons (Fsp3) is 1.00. The van der Waals surface area contributed by atoms with Gasteiger partial charge in [-0.25, -0.2) is 8.78 Å². The van der Waals surface area contributed by atoms with Crippen LogP contribution in [0.1, 0.15) is 12.8 Å². The number of alkyl halides is 2. The lowest BCUT2D eigenvalue weighted by Crippen LogP contribution is -2.14. The smallest absolute Gasteiger partial charge is 0.238 e. The van der Waals surface area contributed by atoms with Crippen LogP contribution < -0.4 is 0 Å². The van der Waals surface area contributed by atoms with Gasteiger partial charge in [0.1, 0.15) is 0 Å². The van der Waals surface area contributed by atoms with E-state index in [0.717, 1.165) is 0 Å². The number of hydrogen-bond donors (Lipinski definition) is 1. The predicted molar refractivity (Wildman–Crippen MR) is 33.1 cm³/mol. The van der Waals surface area contributed by atoms with Crippen LogP contribution in [0.4, 0.5) is 8.78 Å². The van der Waals surface area contributed by atoms with Crippen molar-refractivity contribution < 1.29 is 18.6 Å². The third-order valence-electron chi connectivity index (χ3n) is 1.08. The molecule has 0 aliphatic carbocycles. The molecule has 0 bridgehead atoms. The maximum Gasteiger partial charge on any atom is 0.238 e. The Kier molecular flexibility index (Phi) is 5.43. The Hall–Kier alpha value is -0.220. The van der Waals surface area contributed by atoms with Crippen molar-refractivity contribution in [2.24, 2.45) is 0 Å². The van der Waals surface area contributed by atoms with Gasteiger partial charge in [0.15, 0.2) is 0 Å². The molecule has 0 aromatic heterocycles. The standard InChI is InChI=1S/C6H12F2O2/c1-10-4-5(9)2-3-6(7)8/h5-6,9H,2-4H2,1H3. The second-order valence-electron chi connectivity index (χ2n) is 2.08. The summed E-state index contributed by atoms with van der Waals surface area (Å²) in [6, 6.07) is 0. The molecule has 0 aliphatic rings. The zero-order valence-electron chi connectivity index (χ0n) is 5.89. The highest BCUT2D eigenvalue weighted by molar-refractivity contribution is 4.54. The Bertz CT molecular complexity index is 78.1. The normalized spacial score (nSPS) is 14.1. The maximum atomic E-state index is 11.5. The van der Waals surface area contributed by atoms with Crippen LogP contribution >= 0.6 is 0 Å². The van der Waals surface area contributed by atoms with Gasteiger partial charge in [0, 0.05) is 13.5 Å². The number of hydrogen-bond acceptors (Lipinski definition) is 2. The average Bonchev–Trinajstić information content (AvgIpc) is 1.85. The maximum absolute atomic E-state index is 11.5. The van der Waals surface area contributed by atoms with Crippen LogP contribution in [0.25, 0.3) is 0 Å². The summed E-state index contributed by atoms with van der Waals surface area (Å²) in [5.74, 6) is 0. The Morgan fingerprint density at radius 2 is 2.00 bits per heavy atom.